The first kappa shape index (κ1) is 15.0. The standard InChI is InChI=1S/C13H20BrN3O/c1-3-4-17(9-13(18)16-2)8-10-5-11(14)7-12(15)6-10/h5-7H,3-4,8-9,15H2,1-2H3,(H,16,18). The van der Waals surface area contributed by atoms with Crippen LogP contribution in [0.4, 0.5) is 5.69 Å². The molecule has 0 atom stereocenters. The molecule has 0 aliphatic carbocycles. The van der Waals surface area contributed by atoms with Gasteiger partial charge in [0.2, 0.25) is 5.91 Å². The van der Waals surface area contributed by atoms with Gasteiger partial charge in [0, 0.05) is 23.8 Å². The van der Waals surface area contributed by atoms with Gasteiger partial charge in [0.15, 0.2) is 0 Å². The molecule has 0 unspecified atom stereocenters. The maximum atomic E-state index is 11.4. The number of nitrogens with zero attached hydrogens (tertiary/aromatic N) is 1. The number of hydrogen-bond donors (Lipinski definition) is 2. The molecule has 4 nitrogen and oxygen atoms in total. The van der Waals surface area contributed by atoms with Crippen molar-refractivity contribution in [1.29, 1.82) is 0 Å². The lowest BCUT2D eigenvalue weighted by Gasteiger charge is -2.21. The Morgan fingerprint density at radius 2 is 2.17 bits per heavy atom. The van der Waals surface area contributed by atoms with Crippen LogP contribution in [0.1, 0.15) is 18.9 Å². The van der Waals surface area contributed by atoms with Crippen molar-refractivity contribution in [2.75, 3.05) is 25.9 Å². The first-order chi connectivity index (χ1) is 8.55. The van der Waals surface area contributed by atoms with Crippen LogP contribution in [0.2, 0.25) is 0 Å². The highest BCUT2D eigenvalue weighted by atomic mass is 79.9. The second kappa shape index (κ2) is 7.38. The largest absolute Gasteiger partial charge is 0.399 e. The number of nitrogens with one attached hydrogen (secondary N) is 1. The molecule has 0 aromatic heterocycles. The van der Waals surface area contributed by atoms with Crippen molar-refractivity contribution in [1.82, 2.24) is 10.2 Å². The molecule has 0 heterocycles. The maximum absolute atomic E-state index is 11.4. The van der Waals surface area contributed by atoms with Gasteiger partial charge >= 0.3 is 0 Å². The maximum Gasteiger partial charge on any atom is 0.233 e. The normalized spacial score (nSPS) is 10.7. The van der Waals surface area contributed by atoms with E-state index in [-0.39, 0.29) is 5.91 Å². The fourth-order valence-electron chi connectivity index (χ4n) is 1.84. The quantitative estimate of drug-likeness (QED) is 0.790. The van der Waals surface area contributed by atoms with Crippen molar-refractivity contribution in [3.63, 3.8) is 0 Å². The Morgan fingerprint density at radius 3 is 2.72 bits per heavy atom. The highest BCUT2D eigenvalue weighted by Gasteiger charge is 2.10. The number of carbonyl (C=O) groups is 1. The summed E-state index contributed by atoms with van der Waals surface area (Å²) in [6.07, 6.45) is 1.01. The first-order valence-electron chi connectivity index (χ1n) is 6.03. The number of benzene rings is 1. The van der Waals surface area contributed by atoms with E-state index in [1.807, 2.05) is 18.2 Å². The van der Waals surface area contributed by atoms with E-state index in [2.05, 4.69) is 33.1 Å². The molecular formula is C13H20BrN3O. The number of likely N-dealkylation sites (N-methyl/N-ethyl adjacent to an activating group) is 1. The zero-order chi connectivity index (χ0) is 13.5. The predicted molar refractivity (Wildman–Crippen MR) is 78.2 cm³/mol. The molecule has 0 aliphatic heterocycles. The average Bonchev–Trinajstić information content (AvgIpc) is 2.27. The van der Waals surface area contributed by atoms with E-state index in [0.717, 1.165) is 35.2 Å². The summed E-state index contributed by atoms with van der Waals surface area (Å²) in [6.45, 7) is 4.13. The molecule has 0 saturated heterocycles. The molecule has 1 rings (SSSR count). The van der Waals surface area contributed by atoms with Crippen molar-refractivity contribution >= 4 is 27.5 Å². The lowest BCUT2D eigenvalue weighted by atomic mass is 10.2. The van der Waals surface area contributed by atoms with Gasteiger partial charge in [0.25, 0.3) is 0 Å². The van der Waals surface area contributed by atoms with Gasteiger partial charge in [-0.2, -0.15) is 0 Å². The van der Waals surface area contributed by atoms with Crippen molar-refractivity contribution in [3.8, 4) is 0 Å². The van der Waals surface area contributed by atoms with Crippen LogP contribution in [0.25, 0.3) is 0 Å². The molecule has 1 aromatic carbocycles. The highest BCUT2D eigenvalue weighted by Crippen LogP contribution is 2.18. The van der Waals surface area contributed by atoms with Gasteiger partial charge in [-0.1, -0.05) is 22.9 Å². The lowest BCUT2D eigenvalue weighted by Crippen LogP contribution is -2.35. The topological polar surface area (TPSA) is 58.4 Å². The van der Waals surface area contributed by atoms with Crippen molar-refractivity contribution in [2.45, 2.75) is 19.9 Å². The third-order valence-electron chi connectivity index (χ3n) is 2.57. The molecular weight excluding hydrogens is 294 g/mol. The van der Waals surface area contributed by atoms with E-state index < -0.39 is 0 Å². The Kier molecular flexibility index (Phi) is 6.15. The summed E-state index contributed by atoms with van der Waals surface area (Å²) in [7, 11) is 1.66. The number of anilines is 1. The van der Waals surface area contributed by atoms with E-state index in [9.17, 15) is 4.79 Å². The molecule has 5 heteroatoms. The summed E-state index contributed by atoms with van der Waals surface area (Å²) in [5.74, 6) is 0.0337. The molecule has 100 valence electrons. The Morgan fingerprint density at radius 1 is 1.44 bits per heavy atom. The van der Waals surface area contributed by atoms with Gasteiger partial charge in [-0.15, -0.1) is 0 Å². The summed E-state index contributed by atoms with van der Waals surface area (Å²) in [5, 5.41) is 2.65. The Balaban J connectivity index is 2.72. The minimum Gasteiger partial charge on any atom is -0.399 e. The van der Waals surface area contributed by atoms with E-state index in [1.54, 1.807) is 7.05 Å². The third-order valence-corrected chi connectivity index (χ3v) is 3.03. The SMILES string of the molecule is CCCN(CC(=O)NC)Cc1cc(N)cc(Br)c1. The van der Waals surface area contributed by atoms with Gasteiger partial charge in [0.05, 0.1) is 6.54 Å². The van der Waals surface area contributed by atoms with Gasteiger partial charge in [-0.3, -0.25) is 9.69 Å². The van der Waals surface area contributed by atoms with Crippen LogP contribution < -0.4 is 11.1 Å². The monoisotopic (exact) mass is 313 g/mol. The van der Waals surface area contributed by atoms with Crippen LogP contribution in [-0.4, -0.2) is 30.9 Å². The van der Waals surface area contributed by atoms with Crippen molar-refractivity contribution in [3.05, 3.63) is 28.2 Å². The Bertz CT molecular complexity index is 389. The van der Waals surface area contributed by atoms with E-state index in [4.69, 9.17) is 5.73 Å². The molecule has 3 N–H and O–H groups in total. The summed E-state index contributed by atoms with van der Waals surface area (Å²) in [6, 6.07) is 5.84. The minimum absolute atomic E-state index is 0.0337. The van der Waals surface area contributed by atoms with E-state index in [1.165, 1.54) is 0 Å². The number of halogens is 1. The van der Waals surface area contributed by atoms with Gasteiger partial charge in [-0.05, 0) is 36.7 Å². The van der Waals surface area contributed by atoms with Crippen LogP contribution in [0.5, 0.6) is 0 Å². The number of rotatable bonds is 6. The number of carbonyl (C=O) groups excluding carboxylic acids is 1. The molecule has 0 spiro atoms. The molecule has 0 fully saturated rings. The Hall–Kier alpha value is -1.07. The van der Waals surface area contributed by atoms with Crippen LogP contribution in [0.3, 0.4) is 0 Å². The predicted octanol–water partition coefficient (Wildman–Crippen LogP) is 1.99. The van der Waals surface area contributed by atoms with Crippen molar-refractivity contribution in [2.24, 2.45) is 0 Å². The van der Waals surface area contributed by atoms with E-state index in [0.29, 0.717) is 6.54 Å². The molecule has 0 bridgehead atoms. The summed E-state index contributed by atoms with van der Waals surface area (Å²) in [5.41, 5.74) is 7.65. The third kappa shape index (κ3) is 5.06. The van der Waals surface area contributed by atoms with Crippen LogP contribution >= 0.6 is 15.9 Å². The lowest BCUT2D eigenvalue weighted by molar-refractivity contribution is -0.121. The first-order valence-corrected chi connectivity index (χ1v) is 6.82. The van der Waals surface area contributed by atoms with Crippen LogP contribution in [0, 0.1) is 0 Å². The number of amides is 1. The fourth-order valence-corrected chi connectivity index (χ4v) is 2.40. The molecule has 1 aromatic rings. The molecule has 0 radical (unpaired) electrons. The number of nitrogen functional groups attached to an aromatic ring is 1. The van der Waals surface area contributed by atoms with Gasteiger partial charge in [-0.25, -0.2) is 0 Å². The van der Waals surface area contributed by atoms with E-state index >= 15 is 0 Å². The molecule has 0 saturated carbocycles. The Labute approximate surface area is 117 Å². The van der Waals surface area contributed by atoms with Crippen molar-refractivity contribution < 1.29 is 4.79 Å². The zero-order valence-corrected chi connectivity index (χ0v) is 12.5. The van der Waals surface area contributed by atoms with Gasteiger partial charge < -0.3 is 11.1 Å². The zero-order valence-electron chi connectivity index (χ0n) is 10.9. The number of nitrogens with two attached hydrogens (primary N) is 1. The molecule has 0 aliphatic rings. The summed E-state index contributed by atoms with van der Waals surface area (Å²) < 4.78 is 0.967. The van der Waals surface area contributed by atoms with Gasteiger partial charge in [0.1, 0.15) is 0 Å². The number of hydrogen-bond acceptors (Lipinski definition) is 3. The van der Waals surface area contributed by atoms with Crippen LogP contribution in [0.15, 0.2) is 22.7 Å². The second-order valence-corrected chi connectivity index (χ2v) is 5.19. The summed E-state index contributed by atoms with van der Waals surface area (Å²) >= 11 is 3.43. The molecule has 18 heavy (non-hydrogen) atoms. The van der Waals surface area contributed by atoms with Crippen LogP contribution in [-0.2, 0) is 11.3 Å². The summed E-state index contributed by atoms with van der Waals surface area (Å²) in [4.78, 5) is 13.5. The highest BCUT2D eigenvalue weighted by molar-refractivity contribution is 9.10. The fraction of sp³-hybridized carbons (Fsp3) is 0.462. The average molecular weight is 314 g/mol. The second-order valence-electron chi connectivity index (χ2n) is 4.28. The smallest absolute Gasteiger partial charge is 0.233 e. The minimum atomic E-state index is 0.0337. The molecule has 1 amide bonds.